The summed E-state index contributed by atoms with van der Waals surface area (Å²) in [4.78, 5) is 0. The van der Waals surface area contributed by atoms with Crippen LogP contribution in [0.2, 0.25) is 0 Å². The quantitative estimate of drug-likeness (QED) is 0.152. The third-order valence-electron chi connectivity index (χ3n) is 14.1. The number of hydrogen-bond donors (Lipinski definition) is 0. The lowest BCUT2D eigenvalue weighted by Crippen LogP contribution is -1.94. The molecule has 12 aromatic carbocycles. The number of benzene rings is 12. The molecule has 64 heavy (non-hydrogen) atoms. The lowest BCUT2D eigenvalue weighted by atomic mass is 9.84. The molecule has 0 saturated heterocycles. The van der Waals surface area contributed by atoms with Gasteiger partial charge in [0.15, 0.2) is 0 Å². The molecule has 0 heterocycles. The summed E-state index contributed by atoms with van der Waals surface area (Å²) in [5.41, 5.74) is 12.6. The van der Waals surface area contributed by atoms with Gasteiger partial charge in [-0.1, -0.05) is 218 Å². The van der Waals surface area contributed by atoms with Crippen LogP contribution < -0.4 is 0 Å². The zero-order valence-electron chi connectivity index (χ0n) is 34.9. The first-order valence-corrected chi connectivity index (χ1v) is 22.4. The molecular formula is C64H38. The van der Waals surface area contributed by atoms with Gasteiger partial charge in [-0.2, -0.15) is 0 Å². The Bertz CT molecular complexity index is 4270. The van der Waals surface area contributed by atoms with E-state index in [0.717, 1.165) is 0 Å². The SMILES string of the molecule is c1ccc(-c2ccccc2-c2c3c(c(-c4ccccc4)c4cc5ccccc5cc24)=c2ccc4c5c(ccc=3c25)=c2c(-c3ccccc3)c3ccccc3c(-c3ccccc3)c2=4)cc1. The predicted octanol–water partition coefficient (Wildman–Crippen LogP) is 16.4. The van der Waals surface area contributed by atoms with Crippen molar-refractivity contribution in [3.05, 3.63) is 272 Å². The summed E-state index contributed by atoms with van der Waals surface area (Å²) in [7, 11) is 0. The van der Waals surface area contributed by atoms with Crippen LogP contribution in [0.3, 0.4) is 0 Å². The summed E-state index contributed by atoms with van der Waals surface area (Å²) in [5, 5.41) is 20.8. The Morgan fingerprint density at radius 1 is 0.203 bits per heavy atom. The van der Waals surface area contributed by atoms with Crippen LogP contribution in [0, 0.1) is 41.7 Å². The summed E-state index contributed by atoms with van der Waals surface area (Å²) >= 11 is 0. The number of hydrogen-bond acceptors (Lipinski definition) is 0. The van der Waals surface area contributed by atoms with E-state index >= 15 is 0 Å². The van der Waals surface area contributed by atoms with Gasteiger partial charge in [-0.15, -0.1) is 0 Å². The van der Waals surface area contributed by atoms with E-state index in [1.807, 2.05) is 0 Å². The molecule has 12 aromatic rings. The predicted molar refractivity (Wildman–Crippen MR) is 267 cm³/mol. The van der Waals surface area contributed by atoms with Crippen molar-refractivity contribution in [3.8, 4) is 55.6 Å². The molecule has 2 aliphatic rings. The minimum absolute atomic E-state index is 1.22. The molecule has 2 aliphatic carbocycles. The van der Waals surface area contributed by atoms with Crippen LogP contribution in [0.1, 0.15) is 0 Å². The molecule has 0 radical (unpaired) electrons. The zero-order valence-corrected chi connectivity index (χ0v) is 34.9. The molecule has 0 saturated carbocycles. The normalized spacial score (nSPS) is 12.1. The molecule has 0 bridgehead atoms. The summed E-state index contributed by atoms with van der Waals surface area (Å²) in [6.07, 6.45) is 0. The van der Waals surface area contributed by atoms with Gasteiger partial charge in [0, 0.05) is 0 Å². The van der Waals surface area contributed by atoms with Crippen molar-refractivity contribution in [1.82, 2.24) is 0 Å². The van der Waals surface area contributed by atoms with Crippen molar-refractivity contribution in [2.75, 3.05) is 0 Å². The molecule has 0 N–H and O–H groups in total. The molecule has 0 nitrogen and oxygen atoms in total. The van der Waals surface area contributed by atoms with Crippen molar-refractivity contribution in [1.29, 1.82) is 0 Å². The Morgan fingerprint density at radius 3 is 0.953 bits per heavy atom. The van der Waals surface area contributed by atoms with Crippen LogP contribution in [-0.2, 0) is 0 Å². The van der Waals surface area contributed by atoms with Gasteiger partial charge < -0.3 is 0 Å². The van der Waals surface area contributed by atoms with Crippen molar-refractivity contribution in [2.45, 2.75) is 0 Å². The van der Waals surface area contributed by atoms with Crippen LogP contribution in [0.25, 0.3) is 98.7 Å². The van der Waals surface area contributed by atoms with Gasteiger partial charge in [0.05, 0.1) is 0 Å². The van der Waals surface area contributed by atoms with Gasteiger partial charge in [-0.05, 0) is 153 Å². The molecule has 0 amide bonds. The number of rotatable bonds is 5. The van der Waals surface area contributed by atoms with E-state index in [2.05, 4.69) is 231 Å². The largest absolute Gasteiger partial charge is 0.0622 e. The van der Waals surface area contributed by atoms with Crippen molar-refractivity contribution in [3.63, 3.8) is 0 Å². The highest BCUT2D eigenvalue weighted by molar-refractivity contribution is 6.14. The van der Waals surface area contributed by atoms with Gasteiger partial charge in [0.2, 0.25) is 0 Å². The Morgan fingerprint density at radius 2 is 0.516 bits per heavy atom. The Balaban J connectivity index is 1.30. The van der Waals surface area contributed by atoms with E-state index in [4.69, 9.17) is 0 Å². The van der Waals surface area contributed by atoms with Gasteiger partial charge in [-0.25, -0.2) is 0 Å². The first-order chi connectivity index (χ1) is 31.8. The molecule has 0 aromatic heterocycles. The van der Waals surface area contributed by atoms with Crippen LogP contribution in [0.5, 0.6) is 0 Å². The van der Waals surface area contributed by atoms with Crippen LogP contribution in [0.15, 0.2) is 231 Å². The first-order valence-electron chi connectivity index (χ1n) is 22.4. The van der Waals surface area contributed by atoms with E-state index in [-0.39, 0.29) is 0 Å². The molecule has 0 aliphatic heterocycles. The maximum atomic E-state index is 2.47. The number of fused-ring (bicyclic) bond motifs is 5. The smallest absolute Gasteiger partial charge is 0.000718 e. The highest BCUT2D eigenvalue weighted by Gasteiger charge is 2.25. The van der Waals surface area contributed by atoms with Crippen molar-refractivity contribution >= 4 is 43.1 Å². The fraction of sp³-hybridized carbons (Fsp3) is 0. The van der Waals surface area contributed by atoms with Crippen molar-refractivity contribution in [2.24, 2.45) is 0 Å². The van der Waals surface area contributed by atoms with Gasteiger partial charge in [0.1, 0.15) is 0 Å². The monoisotopic (exact) mass is 806 g/mol. The molecule has 0 spiro atoms. The second-order valence-electron chi connectivity index (χ2n) is 17.4. The van der Waals surface area contributed by atoms with E-state index in [1.54, 1.807) is 0 Å². The van der Waals surface area contributed by atoms with E-state index in [0.29, 0.717) is 0 Å². The third kappa shape index (κ3) is 4.88. The maximum Gasteiger partial charge on any atom is -0.000718 e. The van der Waals surface area contributed by atoms with Crippen LogP contribution in [0.4, 0.5) is 0 Å². The lowest BCUT2D eigenvalue weighted by molar-refractivity contribution is 1.47. The molecule has 0 atom stereocenters. The molecule has 14 rings (SSSR count). The minimum atomic E-state index is 1.22. The molecular weight excluding hydrogens is 769 g/mol. The summed E-state index contributed by atoms with van der Waals surface area (Å²) in [5.74, 6) is 0. The topological polar surface area (TPSA) is 0 Å². The van der Waals surface area contributed by atoms with E-state index in [9.17, 15) is 0 Å². The highest BCUT2D eigenvalue weighted by Crippen LogP contribution is 2.47. The zero-order chi connectivity index (χ0) is 41.9. The summed E-state index contributed by atoms with van der Waals surface area (Å²) < 4.78 is 0. The Labute approximate surface area is 369 Å². The van der Waals surface area contributed by atoms with E-state index in [1.165, 1.54) is 140 Å². The van der Waals surface area contributed by atoms with E-state index < -0.39 is 0 Å². The van der Waals surface area contributed by atoms with Crippen LogP contribution >= 0.6 is 0 Å². The highest BCUT2D eigenvalue weighted by atomic mass is 14.3. The molecule has 0 unspecified atom stereocenters. The average Bonchev–Trinajstić information content (AvgIpc) is 3.87. The Hall–Kier alpha value is -8.32. The second-order valence-corrected chi connectivity index (χ2v) is 17.4. The average molecular weight is 807 g/mol. The molecule has 294 valence electrons. The van der Waals surface area contributed by atoms with Gasteiger partial charge in [0.25, 0.3) is 0 Å². The molecule has 0 heteroatoms. The fourth-order valence-electron chi connectivity index (χ4n) is 11.6. The van der Waals surface area contributed by atoms with Crippen LogP contribution in [-0.4, -0.2) is 0 Å². The summed E-state index contributed by atoms with van der Waals surface area (Å²) in [6.45, 7) is 0. The lowest BCUT2D eigenvalue weighted by Gasteiger charge is -2.18. The van der Waals surface area contributed by atoms with Gasteiger partial charge >= 0.3 is 0 Å². The third-order valence-corrected chi connectivity index (χ3v) is 14.1. The second kappa shape index (κ2) is 13.6. The minimum Gasteiger partial charge on any atom is -0.0622 e. The summed E-state index contributed by atoms with van der Waals surface area (Å²) in [6, 6.07) is 86.0. The molecule has 0 fully saturated rings. The fourth-order valence-corrected chi connectivity index (χ4v) is 11.6. The standard InChI is InChI=1S/C64H38/c1-5-19-39(20-6-1)45-29-15-16-30-46(45)58-54-38-44-28-14-13-27-43(44)37-53(54)57(42-25-11-4-12-26-42)63-51-34-33-49-59-50(35-36-52(60(51)59)64(58)63)62-56(41-23-9-3-10-24-41)48-32-18-17-31-47(48)55(61(49)62)40-21-7-2-8-22-40/h1-38H. The van der Waals surface area contributed by atoms with Crippen molar-refractivity contribution < 1.29 is 0 Å². The maximum absolute atomic E-state index is 2.47. The Kier molecular flexibility index (Phi) is 7.49. The van der Waals surface area contributed by atoms with Gasteiger partial charge in [-0.3, -0.25) is 0 Å². The first kappa shape index (κ1) is 35.3.